The third-order valence-corrected chi connectivity index (χ3v) is 3.63. The second kappa shape index (κ2) is 8.15. The summed E-state index contributed by atoms with van der Waals surface area (Å²) < 4.78 is 5.19. The molecule has 0 aliphatic carbocycles. The first-order chi connectivity index (χ1) is 11.5. The Labute approximate surface area is 142 Å². The molecule has 0 aliphatic heterocycles. The van der Waals surface area contributed by atoms with Crippen LogP contribution in [0.2, 0.25) is 0 Å². The number of rotatable bonds is 5. The van der Waals surface area contributed by atoms with Gasteiger partial charge in [0.25, 0.3) is 0 Å². The van der Waals surface area contributed by atoms with Crippen LogP contribution in [0.5, 0.6) is 5.75 Å². The Kier molecular flexibility index (Phi) is 5.95. The first-order valence-corrected chi connectivity index (χ1v) is 7.81. The summed E-state index contributed by atoms with van der Waals surface area (Å²) in [5.74, 6) is -0.735. The smallest absolute Gasteiger partial charge is 0.314 e. The number of ether oxygens (including phenoxy) is 1. The minimum absolute atomic E-state index is 0.0962. The number of benzene rings is 2. The number of para-hydroxylation sites is 2. The normalized spacial score (nSPS) is 10.3. The van der Waals surface area contributed by atoms with Crippen LogP contribution in [0.1, 0.15) is 19.4 Å². The van der Waals surface area contributed by atoms with Crippen molar-refractivity contribution in [3.8, 4) is 5.75 Å². The Morgan fingerprint density at radius 2 is 1.67 bits per heavy atom. The Morgan fingerprint density at radius 3 is 2.29 bits per heavy atom. The maximum atomic E-state index is 12.6. The van der Waals surface area contributed by atoms with E-state index in [0.29, 0.717) is 18.0 Å². The van der Waals surface area contributed by atoms with Crippen molar-refractivity contribution in [2.24, 2.45) is 0 Å². The molecule has 2 aromatic rings. The Morgan fingerprint density at radius 1 is 1.04 bits per heavy atom. The summed E-state index contributed by atoms with van der Waals surface area (Å²) in [5.41, 5.74) is 1.45. The molecule has 0 fully saturated rings. The Hall–Kier alpha value is -2.82. The highest BCUT2D eigenvalue weighted by atomic mass is 16.5. The Balaban J connectivity index is 2.13. The van der Waals surface area contributed by atoms with Gasteiger partial charge in [0.15, 0.2) is 0 Å². The largest absolute Gasteiger partial charge is 0.495 e. The van der Waals surface area contributed by atoms with Crippen molar-refractivity contribution in [1.29, 1.82) is 0 Å². The summed E-state index contributed by atoms with van der Waals surface area (Å²) in [6.07, 6.45) is 0. The Bertz CT molecular complexity index is 699. The SMILES string of the molecule is COc1ccccc1NC(=O)C(=O)N(Cc1ccccc1)C(C)C. The van der Waals surface area contributed by atoms with Crippen LogP contribution in [0.25, 0.3) is 0 Å². The van der Waals surface area contributed by atoms with E-state index >= 15 is 0 Å². The molecule has 0 saturated carbocycles. The van der Waals surface area contributed by atoms with Gasteiger partial charge < -0.3 is 15.0 Å². The lowest BCUT2D eigenvalue weighted by molar-refractivity contribution is -0.144. The lowest BCUT2D eigenvalue weighted by atomic mass is 10.2. The number of nitrogens with zero attached hydrogens (tertiary/aromatic N) is 1. The van der Waals surface area contributed by atoms with Crippen LogP contribution in [0.4, 0.5) is 5.69 Å². The van der Waals surface area contributed by atoms with Gasteiger partial charge in [-0.25, -0.2) is 0 Å². The molecule has 5 nitrogen and oxygen atoms in total. The van der Waals surface area contributed by atoms with E-state index in [1.165, 1.54) is 7.11 Å². The molecular weight excluding hydrogens is 304 g/mol. The number of carbonyl (C=O) groups is 2. The van der Waals surface area contributed by atoms with E-state index in [4.69, 9.17) is 4.74 Å². The topological polar surface area (TPSA) is 58.6 Å². The zero-order valence-corrected chi connectivity index (χ0v) is 14.2. The standard InChI is InChI=1S/C19H22N2O3/c1-14(2)21(13-15-9-5-4-6-10-15)19(23)18(22)20-16-11-7-8-12-17(16)24-3/h4-12,14H,13H2,1-3H3,(H,20,22). The molecule has 0 bridgehead atoms. The lowest BCUT2D eigenvalue weighted by Crippen LogP contribution is -2.43. The van der Waals surface area contributed by atoms with Crippen molar-refractivity contribution in [1.82, 2.24) is 4.90 Å². The zero-order valence-electron chi connectivity index (χ0n) is 14.2. The molecule has 126 valence electrons. The first-order valence-electron chi connectivity index (χ1n) is 7.81. The van der Waals surface area contributed by atoms with Gasteiger partial charge in [0.1, 0.15) is 5.75 Å². The van der Waals surface area contributed by atoms with Crippen LogP contribution >= 0.6 is 0 Å². The van der Waals surface area contributed by atoms with Gasteiger partial charge in [0.05, 0.1) is 12.8 Å². The minimum Gasteiger partial charge on any atom is -0.495 e. The molecular formula is C19H22N2O3. The fraction of sp³-hybridized carbons (Fsp3) is 0.263. The molecule has 5 heteroatoms. The molecule has 0 aliphatic rings. The van der Waals surface area contributed by atoms with E-state index in [1.54, 1.807) is 29.2 Å². The van der Waals surface area contributed by atoms with Gasteiger partial charge in [-0.15, -0.1) is 0 Å². The molecule has 2 aromatic carbocycles. The monoisotopic (exact) mass is 326 g/mol. The second-order valence-electron chi connectivity index (χ2n) is 5.67. The van der Waals surface area contributed by atoms with Crippen LogP contribution in [0.3, 0.4) is 0 Å². The molecule has 0 heterocycles. The van der Waals surface area contributed by atoms with Crippen molar-refractivity contribution in [3.63, 3.8) is 0 Å². The average molecular weight is 326 g/mol. The highest BCUT2D eigenvalue weighted by Crippen LogP contribution is 2.23. The van der Waals surface area contributed by atoms with Crippen molar-refractivity contribution in [2.45, 2.75) is 26.4 Å². The van der Waals surface area contributed by atoms with Gasteiger partial charge in [-0.1, -0.05) is 42.5 Å². The van der Waals surface area contributed by atoms with Crippen molar-refractivity contribution in [2.75, 3.05) is 12.4 Å². The van der Waals surface area contributed by atoms with Crippen LogP contribution in [-0.2, 0) is 16.1 Å². The maximum Gasteiger partial charge on any atom is 0.314 e. The van der Waals surface area contributed by atoms with Crippen molar-refractivity contribution >= 4 is 17.5 Å². The quantitative estimate of drug-likeness (QED) is 0.859. The molecule has 24 heavy (non-hydrogen) atoms. The van der Waals surface area contributed by atoms with E-state index in [9.17, 15) is 9.59 Å². The van der Waals surface area contributed by atoms with E-state index in [-0.39, 0.29) is 6.04 Å². The molecule has 0 radical (unpaired) electrons. The fourth-order valence-corrected chi connectivity index (χ4v) is 2.32. The summed E-state index contributed by atoms with van der Waals surface area (Å²) >= 11 is 0. The molecule has 2 amide bonds. The van der Waals surface area contributed by atoms with Crippen LogP contribution in [0.15, 0.2) is 54.6 Å². The van der Waals surface area contributed by atoms with Crippen LogP contribution in [0, 0.1) is 0 Å². The number of amides is 2. The third-order valence-electron chi connectivity index (χ3n) is 3.63. The molecule has 0 atom stereocenters. The number of hydrogen-bond acceptors (Lipinski definition) is 3. The van der Waals surface area contributed by atoms with Crippen molar-refractivity contribution in [3.05, 3.63) is 60.2 Å². The molecule has 0 spiro atoms. The van der Waals surface area contributed by atoms with Gasteiger partial charge in [0, 0.05) is 12.6 Å². The van der Waals surface area contributed by atoms with E-state index in [2.05, 4.69) is 5.32 Å². The predicted molar refractivity (Wildman–Crippen MR) is 93.8 cm³/mol. The fourth-order valence-electron chi connectivity index (χ4n) is 2.32. The minimum atomic E-state index is -0.677. The van der Waals surface area contributed by atoms with Gasteiger partial charge >= 0.3 is 11.8 Å². The lowest BCUT2D eigenvalue weighted by Gasteiger charge is -2.26. The van der Waals surface area contributed by atoms with Gasteiger partial charge in [-0.3, -0.25) is 9.59 Å². The van der Waals surface area contributed by atoms with E-state index in [0.717, 1.165) is 5.56 Å². The predicted octanol–water partition coefficient (Wildman–Crippen LogP) is 3.07. The van der Waals surface area contributed by atoms with Crippen LogP contribution < -0.4 is 10.1 Å². The highest BCUT2D eigenvalue weighted by Gasteiger charge is 2.25. The zero-order chi connectivity index (χ0) is 17.5. The summed E-state index contributed by atoms with van der Waals surface area (Å²) in [6, 6.07) is 16.5. The first kappa shape index (κ1) is 17.5. The van der Waals surface area contributed by atoms with Gasteiger partial charge in [0.2, 0.25) is 0 Å². The highest BCUT2D eigenvalue weighted by molar-refractivity contribution is 6.39. The molecule has 0 aromatic heterocycles. The van der Waals surface area contributed by atoms with Crippen LogP contribution in [-0.4, -0.2) is 29.9 Å². The molecule has 0 saturated heterocycles. The van der Waals surface area contributed by atoms with Crippen molar-refractivity contribution < 1.29 is 14.3 Å². The molecule has 1 N–H and O–H groups in total. The number of anilines is 1. The molecule has 2 rings (SSSR count). The van der Waals surface area contributed by atoms with Gasteiger partial charge in [-0.2, -0.15) is 0 Å². The van der Waals surface area contributed by atoms with Gasteiger partial charge in [-0.05, 0) is 31.5 Å². The van der Waals surface area contributed by atoms with E-state index < -0.39 is 11.8 Å². The second-order valence-corrected chi connectivity index (χ2v) is 5.67. The summed E-state index contributed by atoms with van der Waals surface area (Å²) in [4.78, 5) is 26.5. The number of carbonyl (C=O) groups excluding carboxylic acids is 2. The summed E-state index contributed by atoms with van der Waals surface area (Å²) in [7, 11) is 1.52. The summed E-state index contributed by atoms with van der Waals surface area (Å²) in [5, 5.41) is 2.63. The summed E-state index contributed by atoms with van der Waals surface area (Å²) in [6.45, 7) is 4.16. The third kappa shape index (κ3) is 4.35. The van der Waals surface area contributed by atoms with E-state index in [1.807, 2.05) is 44.2 Å². The number of methoxy groups -OCH3 is 1. The average Bonchev–Trinajstić information content (AvgIpc) is 2.60. The molecule has 0 unspecified atom stereocenters. The maximum absolute atomic E-state index is 12.6. The number of hydrogen-bond donors (Lipinski definition) is 1. The number of nitrogens with one attached hydrogen (secondary N) is 1.